The van der Waals surface area contributed by atoms with Gasteiger partial charge >= 0.3 is 0 Å². The van der Waals surface area contributed by atoms with E-state index in [4.69, 9.17) is 5.73 Å². The molecule has 0 heterocycles. The smallest absolute Gasteiger partial charge is 0.131 e. The van der Waals surface area contributed by atoms with Crippen molar-refractivity contribution >= 4 is 0 Å². The van der Waals surface area contributed by atoms with Crippen LogP contribution in [0.2, 0.25) is 0 Å². The molecule has 0 aliphatic carbocycles. The van der Waals surface area contributed by atoms with Crippen molar-refractivity contribution < 1.29 is 8.78 Å². The van der Waals surface area contributed by atoms with Crippen LogP contribution in [0.5, 0.6) is 0 Å². The molecule has 1 nitrogen and oxygen atoms in total. The van der Waals surface area contributed by atoms with E-state index in [1.807, 2.05) is 0 Å². The summed E-state index contributed by atoms with van der Waals surface area (Å²) in [5, 5.41) is 0. The number of nitrogens with two attached hydrogens (primary N) is 1. The molecule has 0 bridgehead atoms. The third kappa shape index (κ3) is 2.27. The Bertz CT molecular complexity index is 568. The summed E-state index contributed by atoms with van der Waals surface area (Å²) in [4.78, 5) is 0. The Hall–Kier alpha value is -1.74. The van der Waals surface area contributed by atoms with E-state index in [1.165, 1.54) is 18.2 Å². The second kappa shape index (κ2) is 4.86. The van der Waals surface area contributed by atoms with Crippen molar-refractivity contribution in [1.29, 1.82) is 0 Å². The molecule has 2 aromatic rings. The highest BCUT2D eigenvalue weighted by molar-refractivity contribution is 5.71. The Morgan fingerprint density at radius 2 is 1.61 bits per heavy atom. The molecule has 0 aliphatic rings. The molecule has 0 aromatic heterocycles. The first kappa shape index (κ1) is 12.7. The molecule has 94 valence electrons. The van der Waals surface area contributed by atoms with E-state index < -0.39 is 0 Å². The van der Waals surface area contributed by atoms with Crippen molar-refractivity contribution in [3.8, 4) is 11.1 Å². The van der Waals surface area contributed by atoms with Gasteiger partial charge in [0.25, 0.3) is 0 Å². The first-order chi connectivity index (χ1) is 8.52. The maximum Gasteiger partial charge on any atom is 0.131 e. The predicted molar refractivity (Wildman–Crippen MR) is 69.2 cm³/mol. The predicted octanol–water partition coefficient (Wildman–Crippen LogP) is 3.71. The van der Waals surface area contributed by atoms with Crippen LogP contribution >= 0.6 is 0 Å². The van der Waals surface area contributed by atoms with Crippen LogP contribution in [-0.4, -0.2) is 0 Å². The van der Waals surface area contributed by atoms with Crippen molar-refractivity contribution in [2.24, 2.45) is 5.73 Å². The van der Waals surface area contributed by atoms with Gasteiger partial charge < -0.3 is 5.73 Å². The van der Waals surface area contributed by atoms with Crippen LogP contribution < -0.4 is 5.73 Å². The van der Waals surface area contributed by atoms with Crippen molar-refractivity contribution in [3.63, 3.8) is 0 Å². The molecular weight excluding hydrogens is 232 g/mol. The average molecular weight is 247 g/mol. The summed E-state index contributed by atoms with van der Waals surface area (Å²) in [5.74, 6) is -0.622. The van der Waals surface area contributed by atoms with Gasteiger partial charge in [0.15, 0.2) is 0 Å². The highest BCUT2D eigenvalue weighted by Gasteiger charge is 2.12. The first-order valence-corrected chi connectivity index (χ1v) is 5.78. The molecule has 0 saturated heterocycles. The van der Waals surface area contributed by atoms with E-state index >= 15 is 0 Å². The van der Waals surface area contributed by atoms with Gasteiger partial charge in [-0.2, -0.15) is 0 Å². The summed E-state index contributed by atoms with van der Waals surface area (Å²) in [6.45, 7) is 3.86. The standard InChI is InChI=1S/C15H15F2N/c1-9-5-12(16)6-10(2)15(9)13-4-3-11(8-18)7-14(13)17/h3-7H,8,18H2,1-2H3. The lowest BCUT2D eigenvalue weighted by Gasteiger charge is -2.12. The third-order valence-corrected chi connectivity index (χ3v) is 3.04. The van der Waals surface area contributed by atoms with Gasteiger partial charge in [-0.15, -0.1) is 0 Å². The van der Waals surface area contributed by atoms with E-state index in [1.54, 1.807) is 26.0 Å². The number of rotatable bonds is 2. The van der Waals surface area contributed by atoms with Gasteiger partial charge in [-0.05, 0) is 54.3 Å². The van der Waals surface area contributed by atoms with Gasteiger partial charge in [-0.3, -0.25) is 0 Å². The average Bonchev–Trinajstić information content (AvgIpc) is 2.29. The highest BCUT2D eigenvalue weighted by Crippen LogP contribution is 2.30. The zero-order chi connectivity index (χ0) is 13.3. The van der Waals surface area contributed by atoms with Crippen LogP contribution in [0.1, 0.15) is 16.7 Å². The van der Waals surface area contributed by atoms with E-state index in [-0.39, 0.29) is 11.6 Å². The van der Waals surface area contributed by atoms with Gasteiger partial charge in [0.05, 0.1) is 0 Å². The number of benzene rings is 2. The fourth-order valence-electron chi connectivity index (χ4n) is 2.22. The van der Waals surface area contributed by atoms with Crippen molar-refractivity contribution in [3.05, 3.63) is 58.7 Å². The Balaban J connectivity index is 2.62. The molecule has 0 unspecified atom stereocenters. The molecule has 0 spiro atoms. The molecule has 0 radical (unpaired) electrons. The number of hydrogen-bond donors (Lipinski definition) is 1. The topological polar surface area (TPSA) is 26.0 Å². The van der Waals surface area contributed by atoms with Crippen LogP contribution in [-0.2, 0) is 6.54 Å². The minimum atomic E-state index is -0.323. The SMILES string of the molecule is Cc1cc(F)cc(C)c1-c1ccc(CN)cc1F. The summed E-state index contributed by atoms with van der Waals surface area (Å²) in [6.07, 6.45) is 0. The fourth-order valence-corrected chi connectivity index (χ4v) is 2.22. The summed E-state index contributed by atoms with van der Waals surface area (Å²) in [5.41, 5.74) is 8.91. The summed E-state index contributed by atoms with van der Waals surface area (Å²) in [7, 11) is 0. The van der Waals surface area contributed by atoms with Crippen molar-refractivity contribution in [2.75, 3.05) is 0 Å². The molecule has 0 amide bonds. The minimum Gasteiger partial charge on any atom is -0.326 e. The lowest BCUT2D eigenvalue weighted by molar-refractivity contribution is 0.622. The minimum absolute atomic E-state index is 0.298. The Morgan fingerprint density at radius 1 is 1.00 bits per heavy atom. The molecular formula is C15H15F2N. The number of aryl methyl sites for hydroxylation is 2. The van der Waals surface area contributed by atoms with Crippen LogP contribution in [0.4, 0.5) is 8.78 Å². The quantitative estimate of drug-likeness (QED) is 0.860. The van der Waals surface area contributed by atoms with Gasteiger partial charge in [0.2, 0.25) is 0 Å². The van der Waals surface area contributed by atoms with Gasteiger partial charge in [0.1, 0.15) is 11.6 Å². The maximum atomic E-state index is 14.0. The highest BCUT2D eigenvalue weighted by atomic mass is 19.1. The molecule has 2 rings (SSSR count). The summed E-state index contributed by atoms with van der Waals surface area (Å²) < 4.78 is 27.3. The summed E-state index contributed by atoms with van der Waals surface area (Å²) in [6, 6.07) is 7.75. The first-order valence-electron chi connectivity index (χ1n) is 5.78. The van der Waals surface area contributed by atoms with Crippen LogP contribution in [0.25, 0.3) is 11.1 Å². The van der Waals surface area contributed by atoms with Gasteiger partial charge in [-0.25, -0.2) is 8.78 Å². The van der Waals surface area contributed by atoms with E-state index in [0.29, 0.717) is 12.1 Å². The van der Waals surface area contributed by atoms with Gasteiger partial charge in [-0.1, -0.05) is 12.1 Å². The maximum absolute atomic E-state index is 14.0. The lowest BCUT2D eigenvalue weighted by atomic mass is 9.94. The lowest BCUT2D eigenvalue weighted by Crippen LogP contribution is -1.99. The number of hydrogen-bond acceptors (Lipinski definition) is 1. The Morgan fingerprint density at radius 3 is 2.11 bits per heavy atom. The molecule has 0 fully saturated rings. The van der Waals surface area contributed by atoms with Crippen molar-refractivity contribution in [2.45, 2.75) is 20.4 Å². The van der Waals surface area contributed by atoms with Crippen LogP contribution in [0, 0.1) is 25.5 Å². The van der Waals surface area contributed by atoms with Crippen molar-refractivity contribution in [1.82, 2.24) is 0 Å². The third-order valence-electron chi connectivity index (χ3n) is 3.04. The zero-order valence-corrected chi connectivity index (χ0v) is 10.4. The molecule has 0 aliphatic heterocycles. The number of halogens is 2. The van der Waals surface area contributed by atoms with Crippen LogP contribution in [0.3, 0.4) is 0 Å². The zero-order valence-electron chi connectivity index (χ0n) is 10.4. The second-order valence-corrected chi connectivity index (χ2v) is 4.43. The van der Waals surface area contributed by atoms with Crippen LogP contribution in [0.15, 0.2) is 30.3 Å². The normalized spacial score (nSPS) is 10.7. The molecule has 0 saturated carbocycles. The van der Waals surface area contributed by atoms with E-state index in [2.05, 4.69) is 0 Å². The fraction of sp³-hybridized carbons (Fsp3) is 0.200. The Kier molecular flexibility index (Phi) is 3.43. The molecule has 18 heavy (non-hydrogen) atoms. The van der Waals surface area contributed by atoms with E-state index in [0.717, 1.165) is 22.3 Å². The second-order valence-electron chi connectivity index (χ2n) is 4.43. The Labute approximate surface area is 105 Å². The molecule has 0 atom stereocenters. The van der Waals surface area contributed by atoms with Gasteiger partial charge in [0, 0.05) is 12.1 Å². The molecule has 3 heteroatoms. The largest absolute Gasteiger partial charge is 0.326 e. The monoisotopic (exact) mass is 247 g/mol. The summed E-state index contributed by atoms with van der Waals surface area (Å²) >= 11 is 0. The van der Waals surface area contributed by atoms with E-state index in [9.17, 15) is 8.78 Å². The molecule has 2 N–H and O–H groups in total. The molecule has 2 aromatic carbocycles.